The van der Waals surface area contributed by atoms with E-state index in [1.165, 1.54) is 22.0 Å². The van der Waals surface area contributed by atoms with E-state index in [9.17, 15) is 0 Å². The number of guanidine groups is 1. The van der Waals surface area contributed by atoms with E-state index >= 15 is 0 Å². The quantitative estimate of drug-likeness (QED) is 0.180. The standard InChI is InChI=1S/C21H34N4O2.HI/c1-4-5-12-26-14-15-27-13-11-24-21(22-3)23-10-9-18-16-25-20-17(2)7-6-8-19(18)20;/h6-8,16,25H,4-5,9-15H2,1-3H3,(H2,22,23,24);1H. The maximum Gasteiger partial charge on any atom is 0.191 e. The van der Waals surface area contributed by atoms with Gasteiger partial charge in [0.25, 0.3) is 0 Å². The Labute approximate surface area is 185 Å². The van der Waals surface area contributed by atoms with Gasteiger partial charge in [-0.15, -0.1) is 24.0 Å². The minimum absolute atomic E-state index is 0. The zero-order chi connectivity index (χ0) is 19.3. The van der Waals surface area contributed by atoms with E-state index in [0.29, 0.717) is 19.8 Å². The minimum atomic E-state index is 0. The second kappa shape index (κ2) is 14.6. The van der Waals surface area contributed by atoms with Gasteiger partial charge in [-0.2, -0.15) is 0 Å². The number of nitrogens with zero attached hydrogens (tertiary/aromatic N) is 1. The molecule has 0 amide bonds. The van der Waals surface area contributed by atoms with E-state index in [0.717, 1.165) is 44.9 Å². The first kappa shape index (κ1) is 24.7. The first-order chi connectivity index (χ1) is 13.3. The number of unbranched alkanes of at least 4 members (excludes halogenated alkanes) is 1. The van der Waals surface area contributed by atoms with Gasteiger partial charge in [0, 0.05) is 43.8 Å². The summed E-state index contributed by atoms with van der Waals surface area (Å²) < 4.78 is 11.0. The third kappa shape index (κ3) is 8.36. The lowest BCUT2D eigenvalue weighted by atomic mass is 10.1. The van der Waals surface area contributed by atoms with Gasteiger partial charge in [-0.25, -0.2) is 0 Å². The summed E-state index contributed by atoms with van der Waals surface area (Å²) in [6.07, 6.45) is 5.32. The Hall–Kier alpha value is -1.32. The average Bonchev–Trinajstić information content (AvgIpc) is 3.10. The van der Waals surface area contributed by atoms with Crippen LogP contribution in [0.3, 0.4) is 0 Å². The molecule has 1 aromatic carbocycles. The van der Waals surface area contributed by atoms with Crippen molar-refractivity contribution in [2.24, 2.45) is 4.99 Å². The van der Waals surface area contributed by atoms with Gasteiger partial charge in [0.15, 0.2) is 5.96 Å². The summed E-state index contributed by atoms with van der Waals surface area (Å²) in [5, 5.41) is 7.93. The van der Waals surface area contributed by atoms with Crippen molar-refractivity contribution in [3.8, 4) is 0 Å². The highest BCUT2D eigenvalue weighted by Gasteiger charge is 2.05. The summed E-state index contributed by atoms with van der Waals surface area (Å²) in [4.78, 5) is 7.64. The van der Waals surface area contributed by atoms with Crippen LogP contribution in [0.5, 0.6) is 0 Å². The largest absolute Gasteiger partial charge is 0.379 e. The van der Waals surface area contributed by atoms with E-state index in [-0.39, 0.29) is 24.0 Å². The molecule has 0 unspecified atom stereocenters. The monoisotopic (exact) mass is 502 g/mol. The van der Waals surface area contributed by atoms with Crippen molar-refractivity contribution in [1.82, 2.24) is 15.6 Å². The molecule has 0 aliphatic carbocycles. The molecule has 1 heterocycles. The van der Waals surface area contributed by atoms with Gasteiger partial charge in [0.05, 0.1) is 19.8 Å². The highest BCUT2D eigenvalue weighted by atomic mass is 127. The van der Waals surface area contributed by atoms with Crippen LogP contribution in [0, 0.1) is 6.92 Å². The maximum absolute atomic E-state index is 5.56. The number of halogens is 1. The number of rotatable bonds is 12. The van der Waals surface area contributed by atoms with Gasteiger partial charge < -0.3 is 25.1 Å². The van der Waals surface area contributed by atoms with Crippen LogP contribution in [0.25, 0.3) is 10.9 Å². The third-order valence-electron chi connectivity index (χ3n) is 4.47. The van der Waals surface area contributed by atoms with Crippen LogP contribution in [0.15, 0.2) is 29.4 Å². The van der Waals surface area contributed by atoms with E-state index in [4.69, 9.17) is 9.47 Å². The third-order valence-corrected chi connectivity index (χ3v) is 4.47. The Morgan fingerprint density at radius 2 is 1.82 bits per heavy atom. The van der Waals surface area contributed by atoms with Crippen LogP contribution in [-0.2, 0) is 15.9 Å². The van der Waals surface area contributed by atoms with E-state index in [2.05, 4.69) is 58.9 Å². The highest BCUT2D eigenvalue weighted by Crippen LogP contribution is 2.21. The number of nitrogens with one attached hydrogen (secondary N) is 3. The number of para-hydroxylation sites is 1. The lowest BCUT2D eigenvalue weighted by molar-refractivity contribution is 0.0487. The first-order valence-corrected chi connectivity index (χ1v) is 9.91. The molecule has 0 spiro atoms. The number of aromatic nitrogens is 1. The fourth-order valence-corrected chi connectivity index (χ4v) is 2.92. The molecule has 7 heteroatoms. The molecule has 1 aromatic heterocycles. The van der Waals surface area contributed by atoms with E-state index in [1.807, 2.05) is 0 Å². The summed E-state index contributed by atoms with van der Waals surface area (Å²) >= 11 is 0. The molecule has 0 atom stereocenters. The maximum atomic E-state index is 5.56. The average molecular weight is 502 g/mol. The van der Waals surface area contributed by atoms with Crippen molar-refractivity contribution < 1.29 is 9.47 Å². The summed E-state index contributed by atoms with van der Waals surface area (Å²) in [7, 11) is 1.78. The molecule has 158 valence electrons. The zero-order valence-electron chi connectivity index (χ0n) is 17.3. The predicted molar refractivity (Wildman–Crippen MR) is 128 cm³/mol. The number of ether oxygens (including phenoxy) is 2. The second-order valence-corrected chi connectivity index (χ2v) is 6.57. The topological polar surface area (TPSA) is 70.7 Å². The summed E-state index contributed by atoms with van der Waals surface area (Å²) in [5.41, 5.74) is 3.83. The molecule has 3 N–H and O–H groups in total. The fraction of sp³-hybridized carbons (Fsp3) is 0.571. The van der Waals surface area contributed by atoms with Gasteiger partial charge in [0.1, 0.15) is 0 Å². The molecular formula is C21H35IN4O2. The van der Waals surface area contributed by atoms with Crippen molar-refractivity contribution >= 4 is 40.8 Å². The fourth-order valence-electron chi connectivity index (χ4n) is 2.92. The minimum Gasteiger partial charge on any atom is -0.379 e. The normalized spacial score (nSPS) is 11.5. The number of fused-ring (bicyclic) bond motifs is 1. The summed E-state index contributed by atoms with van der Waals surface area (Å²) in [6.45, 7) is 8.60. The summed E-state index contributed by atoms with van der Waals surface area (Å²) in [6, 6.07) is 6.41. The smallest absolute Gasteiger partial charge is 0.191 e. The van der Waals surface area contributed by atoms with Crippen molar-refractivity contribution in [2.45, 2.75) is 33.1 Å². The van der Waals surface area contributed by atoms with E-state index < -0.39 is 0 Å². The number of hydrogen-bond acceptors (Lipinski definition) is 3. The van der Waals surface area contributed by atoms with Gasteiger partial charge in [-0.3, -0.25) is 4.99 Å². The lowest BCUT2D eigenvalue weighted by Crippen LogP contribution is -2.39. The molecule has 0 bridgehead atoms. The van der Waals surface area contributed by atoms with Gasteiger partial charge in [-0.1, -0.05) is 31.5 Å². The Kier molecular flexibility index (Phi) is 12.9. The van der Waals surface area contributed by atoms with Crippen LogP contribution in [-0.4, -0.2) is 57.5 Å². The van der Waals surface area contributed by atoms with Crippen LogP contribution in [0.2, 0.25) is 0 Å². The molecule has 2 rings (SSSR count). The van der Waals surface area contributed by atoms with Crippen molar-refractivity contribution in [3.05, 3.63) is 35.5 Å². The van der Waals surface area contributed by atoms with Crippen LogP contribution >= 0.6 is 24.0 Å². The number of aryl methyl sites for hydroxylation is 1. The van der Waals surface area contributed by atoms with Crippen molar-refractivity contribution in [1.29, 1.82) is 0 Å². The molecule has 0 aliphatic rings. The molecule has 2 aromatic rings. The molecule has 0 fully saturated rings. The Morgan fingerprint density at radius 3 is 2.57 bits per heavy atom. The number of H-pyrrole nitrogens is 1. The number of benzene rings is 1. The highest BCUT2D eigenvalue weighted by molar-refractivity contribution is 14.0. The van der Waals surface area contributed by atoms with Crippen LogP contribution in [0.4, 0.5) is 0 Å². The number of hydrogen-bond donors (Lipinski definition) is 3. The summed E-state index contributed by atoms with van der Waals surface area (Å²) in [5.74, 6) is 0.800. The van der Waals surface area contributed by atoms with Crippen molar-refractivity contribution in [2.75, 3.05) is 46.6 Å². The Morgan fingerprint density at radius 1 is 1.07 bits per heavy atom. The lowest BCUT2D eigenvalue weighted by Gasteiger charge is -2.12. The van der Waals surface area contributed by atoms with E-state index in [1.54, 1.807) is 7.05 Å². The van der Waals surface area contributed by atoms with Gasteiger partial charge >= 0.3 is 0 Å². The molecular weight excluding hydrogens is 467 g/mol. The predicted octanol–water partition coefficient (Wildman–Crippen LogP) is 3.64. The molecule has 6 nitrogen and oxygen atoms in total. The first-order valence-electron chi connectivity index (χ1n) is 9.91. The molecule has 0 aliphatic heterocycles. The number of aliphatic imine (C=N–C) groups is 1. The van der Waals surface area contributed by atoms with Gasteiger partial charge in [-0.05, 0) is 30.9 Å². The molecule has 28 heavy (non-hydrogen) atoms. The Bertz CT molecular complexity index is 703. The second-order valence-electron chi connectivity index (χ2n) is 6.57. The molecule has 0 saturated carbocycles. The zero-order valence-corrected chi connectivity index (χ0v) is 19.7. The van der Waals surface area contributed by atoms with Crippen molar-refractivity contribution in [3.63, 3.8) is 0 Å². The molecule has 0 saturated heterocycles. The van der Waals surface area contributed by atoms with Gasteiger partial charge in [0.2, 0.25) is 0 Å². The number of aromatic amines is 1. The SMILES string of the molecule is CCCCOCCOCCNC(=NC)NCCc1c[nH]c2c(C)cccc12.I. The molecule has 0 radical (unpaired) electrons. The Balaban J connectivity index is 0.00000392. The van der Waals surface area contributed by atoms with Crippen LogP contribution < -0.4 is 10.6 Å². The van der Waals surface area contributed by atoms with Crippen LogP contribution in [0.1, 0.15) is 30.9 Å².